The third-order valence-corrected chi connectivity index (χ3v) is 5.91. The number of rotatable bonds is 17. The molecule has 0 bridgehead atoms. The highest BCUT2D eigenvalue weighted by Gasteiger charge is 2.08. The SMILES string of the molecule is C=Cc1cc(OCCC(C)CCCC(C)C)ccc1OCCC(C)CCCC(C)C. The molecule has 0 saturated carbocycles. The molecule has 2 heteroatoms. The number of ether oxygens (including phenoxy) is 2. The summed E-state index contributed by atoms with van der Waals surface area (Å²) in [5, 5.41) is 0. The smallest absolute Gasteiger partial charge is 0.126 e. The lowest BCUT2D eigenvalue weighted by molar-refractivity contribution is 0.269. The highest BCUT2D eigenvalue weighted by molar-refractivity contribution is 5.58. The predicted molar refractivity (Wildman–Crippen MR) is 132 cm³/mol. The minimum absolute atomic E-state index is 0.709. The molecular formula is C28H48O2. The minimum Gasteiger partial charge on any atom is -0.494 e. The Hall–Kier alpha value is -1.44. The van der Waals surface area contributed by atoms with E-state index in [0.29, 0.717) is 11.8 Å². The molecule has 1 rings (SSSR count). The summed E-state index contributed by atoms with van der Waals surface area (Å²) < 4.78 is 12.1. The quantitative estimate of drug-likeness (QED) is 0.252. The first kappa shape index (κ1) is 26.6. The number of hydrogen-bond donors (Lipinski definition) is 0. The first-order chi connectivity index (χ1) is 14.3. The van der Waals surface area contributed by atoms with Crippen LogP contribution in [0.15, 0.2) is 24.8 Å². The van der Waals surface area contributed by atoms with E-state index in [9.17, 15) is 0 Å². The second kappa shape index (κ2) is 15.4. The van der Waals surface area contributed by atoms with Gasteiger partial charge in [0.25, 0.3) is 0 Å². The summed E-state index contributed by atoms with van der Waals surface area (Å²) in [6.07, 6.45) is 11.9. The average Bonchev–Trinajstić information content (AvgIpc) is 2.68. The summed E-state index contributed by atoms with van der Waals surface area (Å²) in [5.41, 5.74) is 1.02. The maximum atomic E-state index is 6.06. The lowest BCUT2D eigenvalue weighted by Gasteiger charge is -2.16. The van der Waals surface area contributed by atoms with Gasteiger partial charge < -0.3 is 9.47 Å². The molecule has 0 spiro atoms. The Bertz CT molecular complexity index is 576. The van der Waals surface area contributed by atoms with Gasteiger partial charge in [0, 0.05) is 5.56 Å². The molecule has 30 heavy (non-hydrogen) atoms. The lowest BCUT2D eigenvalue weighted by atomic mass is 9.97. The van der Waals surface area contributed by atoms with Crippen LogP contribution in [0, 0.1) is 23.7 Å². The van der Waals surface area contributed by atoms with Crippen molar-refractivity contribution in [3.05, 3.63) is 30.3 Å². The van der Waals surface area contributed by atoms with Gasteiger partial charge in [-0.3, -0.25) is 0 Å². The predicted octanol–water partition coefficient (Wildman–Crippen LogP) is 8.79. The monoisotopic (exact) mass is 416 g/mol. The van der Waals surface area contributed by atoms with Gasteiger partial charge in [-0.15, -0.1) is 0 Å². The molecule has 172 valence electrons. The molecule has 0 fully saturated rings. The first-order valence-electron chi connectivity index (χ1n) is 12.3. The van der Waals surface area contributed by atoms with E-state index in [1.54, 1.807) is 0 Å². The van der Waals surface area contributed by atoms with Crippen molar-refractivity contribution in [2.45, 2.75) is 92.9 Å². The van der Waals surface area contributed by atoms with E-state index in [2.05, 4.69) is 54.2 Å². The van der Waals surface area contributed by atoms with Crippen LogP contribution in [-0.4, -0.2) is 13.2 Å². The van der Waals surface area contributed by atoms with Crippen molar-refractivity contribution in [3.63, 3.8) is 0 Å². The van der Waals surface area contributed by atoms with E-state index in [1.807, 2.05) is 18.2 Å². The van der Waals surface area contributed by atoms with E-state index < -0.39 is 0 Å². The molecule has 0 aliphatic heterocycles. The van der Waals surface area contributed by atoms with Crippen LogP contribution in [-0.2, 0) is 0 Å². The van der Waals surface area contributed by atoms with Gasteiger partial charge in [-0.05, 0) is 54.7 Å². The van der Waals surface area contributed by atoms with Crippen LogP contribution >= 0.6 is 0 Å². The molecule has 0 amide bonds. The zero-order valence-electron chi connectivity index (χ0n) is 20.7. The molecule has 0 N–H and O–H groups in total. The molecule has 0 aliphatic carbocycles. The standard InChI is InChI=1S/C28H48O2/c1-8-26-21-27(29-19-17-24(6)13-9-11-22(2)3)15-16-28(26)30-20-18-25(7)14-10-12-23(4)5/h8,15-16,21-25H,1,9-14,17-20H2,2-7H3. The molecule has 0 saturated heterocycles. The summed E-state index contributed by atoms with van der Waals surface area (Å²) in [5.74, 6) is 4.85. The van der Waals surface area contributed by atoms with Crippen LogP contribution in [0.4, 0.5) is 0 Å². The van der Waals surface area contributed by atoms with Crippen LogP contribution in [0.3, 0.4) is 0 Å². The van der Waals surface area contributed by atoms with Gasteiger partial charge in [-0.25, -0.2) is 0 Å². The van der Waals surface area contributed by atoms with E-state index in [0.717, 1.165) is 55.0 Å². The van der Waals surface area contributed by atoms with Crippen molar-refractivity contribution in [1.29, 1.82) is 0 Å². The number of hydrogen-bond acceptors (Lipinski definition) is 2. The Kier molecular flexibility index (Phi) is 13.6. The zero-order valence-corrected chi connectivity index (χ0v) is 20.7. The van der Waals surface area contributed by atoms with Crippen LogP contribution in [0.2, 0.25) is 0 Å². The Morgan fingerprint density at radius 3 is 1.77 bits per heavy atom. The molecule has 2 nitrogen and oxygen atoms in total. The summed E-state index contributed by atoms with van der Waals surface area (Å²) in [6.45, 7) is 19.3. The van der Waals surface area contributed by atoms with Crippen molar-refractivity contribution < 1.29 is 9.47 Å². The topological polar surface area (TPSA) is 18.5 Å². The largest absolute Gasteiger partial charge is 0.494 e. The van der Waals surface area contributed by atoms with Gasteiger partial charge in [-0.2, -0.15) is 0 Å². The molecule has 2 unspecified atom stereocenters. The van der Waals surface area contributed by atoms with Gasteiger partial charge in [0.2, 0.25) is 0 Å². The molecule has 1 aromatic carbocycles. The van der Waals surface area contributed by atoms with Gasteiger partial charge in [-0.1, -0.05) is 92.7 Å². The third kappa shape index (κ3) is 12.3. The highest BCUT2D eigenvalue weighted by Crippen LogP contribution is 2.26. The fraction of sp³-hybridized carbons (Fsp3) is 0.714. The number of benzene rings is 1. The van der Waals surface area contributed by atoms with E-state index in [-0.39, 0.29) is 0 Å². The second-order valence-corrected chi connectivity index (χ2v) is 10.0. The lowest BCUT2D eigenvalue weighted by Crippen LogP contribution is -2.06. The maximum Gasteiger partial charge on any atom is 0.126 e. The van der Waals surface area contributed by atoms with Crippen molar-refractivity contribution in [2.75, 3.05) is 13.2 Å². The third-order valence-electron chi connectivity index (χ3n) is 5.91. The normalized spacial score (nSPS) is 13.5. The van der Waals surface area contributed by atoms with Crippen LogP contribution in [0.5, 0.6) is 11.5 Å². The molecule has 0 aliphatic rings. The molecule has 2 atom stereocenters. The van der Waals surface area contributed by atoms with Crippen molar-refractivity contribution in [1.82, 2.24) is 0 Å². The second-order valence-electron chi connectivity index (χ2n) is 10.0. The van der Waals surface area contributed by atoms with Gasteiger partial charge in [0.05, 0.1) is 13.2 Å². The Labute approximate surface area is 187 Å². The van der Waals surface area contributed by atoms with Gasteiger partial charge >= 0.3 is 0 Å². The van der Waals surface area contributed by atoms with E-state index >= 15 is 0 Å². The van der Waals surface area contributed by atoms with Crippen LogP contribution < -0.4 is 9.47 Å². The Balaban J connectivity index is 2.35. The maximum absolute atomic E-state index is 6.06. The van der Waals surface area contributed by atoms with E-state index in [4.69, 9.17) is 9.47 Å². The molecule has 1 aromatic rings. The van der Waals surface area contributed by atoms with Gasteiger partial charge in [0.15, 0.2) is 0 Å². The molecular weight excluding hydrogens is 368 g/mol. The summed E-state index contributed by atoms with van der Waals surface area (Å²) in [7, 11) is 0. The summed E-state index contributed by atoms with van der Waals surface area (Å²) in [6, 6.07) is 6.11. The molecule has 0 radical (unpaired) electrons. The van der Waals surface area contributed by atoms with Crippen molar-refractivity contribution in [2.24, 2.45) is 23.7 Å². The van der Waals surface area contributed by atoms with Crippen molar-refractivity contribution >= 4 is 6.08 Å². The summed E-state index contributed by atoms with van der Waals surface area (Å²) in [4.78, 5) is 0. The van der Waals surface area contributed by atoms with Crippen LogP contribution in [0.1, 0.15) is 98.5 Å². The summed E-state index contributed by atoms with van der Waals surface area (Å²) >= 11 is 0. The van der Waals surface area contributed by atoms with Gasteiger partial charge in [0.1, 0.15) is 11.5 Å². The zero-order chi connectivity index (χ0) is 22.4. The van der Waals surface area contributed by atoms with E-state index in [1.165, 1.54) is 38.5 Å². The Morgan fingerprint density at radius 2 is 1.27 bits per heavy atom. The molecule has 0 heterocycles. The minimum atomic E-state index is 0.709. The molecule has 0 aromatic heterocycles. The first-order valence-corrected chi connectivity index (χ1v) is 12.3. The average molecular weight is 417 g/mol. The fourth-order valence-corrected chi connectivity index (χ4v) is 3.69. The van der Waals surface area contributed by atoms with Crippen LogP contribution in [0.25, 0.3) is 6.08 Å². The highest BCUT2D eigenvalue weighted by atomic mass is 16.5. The Morgan fingerprint density at radius 1 is 0.733 bits per heavy atom. The fourth-order valence-electron chi connectivity index (χ4n) is 3.69. The van der Waals surface area contributed by atoms with Crippen molar-refractivity contribution in [3.8, 4) is 11.5 Å².